The van der Waals surface area contributed by atoms with Gasteiger partial charge in [0.25, 0.3) is 5.79 Å². The van der Waals surface area contributed by atoms with Gasteiger partial charge in [-0.15, -0.1) is 0 Å². The van der Waals surface area contributed by atoms with Crippen LogP contribution in [0.15, 0.2) is 52.4 Å². The van der Waals surface area contributed by atoms with Crippen LogP contribution in [0.2, 0.25) is 0 Å². The van der Waals surface area contributed by atoms with E-state index in [0.717, 1.165) is 29.5 Å². The van der Waals surface area contributed by atoms with Crippen LogP contribution >= 0.6 is 11.8 Å². The first kappa shape index (κ1) is 36.1. The molecule has 0 amide bonds. The van der Waals surface area contributed by atoms with E-state index in [1.165, 1.54) is 0 Å². The number of nitrogens with zero attached hydrogens (tertiary/aromatic N) is 1. The molecule has 2 aliphatic heterocycles. The van der Waals surface area contributed by atoms with E-state index in [1.54, 1.807) is 6.07 Å². The molecule has 2 heterocycles. The van der Waals surface area contributed by atoms with E-state index in [-0.39, 0.29) is 29.6 Å². The monoisotopic (exact) mass is 635 g/mol. The molecule has 2 aromatic carbocycles. The van der Waals surface area contributed by atoms with Crippen molar-refractivity contribution in [2.45, 2.75) is 84.3 Å². The Morgan fingerprint density at radius 3 is 2.42 bits per heavy atom. The number of hydrogen-bond donors (Lipinski definition) is 8. The molecule has 2 fully saturated rings. The van der Waals surface area contributed by atoms with Gasteiger partial charge >= 0.3 is 35.5 Å². The maximum absolute atomic E-state index is 12.6. The van der Waals surface area contributed by atoms with Crippen molar-refractivity contribution in [1.82, 2.24) is 0 Å². The minimum absolute atomic E-state index is 0. The van der Waals surface area contributed by atoms with Gasteiger partial charge in [-0.05, 0) is 35.7 Å². The Bertz CT molecular complexity index is 1270. The summed E-state index contributed by atoms with van der Waals surface area (Å²) in [5.41, 5.74) is -1.17. The Kier molecular flexibility index (Phi) is 12.8. The zero-order valence-electron chi connectivity index (χ0n) is 23.4. The first-order valence-corrected chi connectivity index (χ1v) is 14.0. The van der Waals surface area contributed by atoms with Crippen molar-refractivity contribution in [2.24, 2.45) is 4.99 Å². The molecular weight excluding hydrogens is 601 g/mol. The normalized spacial score (nSPS) is 34.7. The van der Waals surface area contributed by atoms with Crippen LogP contribution < -0.4 is 34.7 Å². The Labute approximate surface area is 272 Å². The summed E-state index contributed by atoms with van der Waals surface area (Å²) in [5, 5.41) is 96.6. The van der Waals surface area contributed by atoms with Gasteiger partial charge in [-0.25, -0.2) is 4.79 Å². The molecule has 14 nitrogen and oxygen atoms in total. The fourth-order valence-corrected chi connectivity index (χ4v) is 6.17. The maximum Gasteiger partial charge on any atom is 1.00 e. The van der Waals surface area contributed by atoms with Gasteiger partial charge in [0.05, 0.1) is 19.3 Å². The average molecular weight is 636 g/mol. The molecule has 0 unspecified atom stereocenters. The van der Waals surface area contributed by atoms with Crippen molar-refractivity contribution >= 4 is 34.4 Å². The molecular formula is C27H34NNaO13S. The number of aliphatic hydroxyl groups excluding tert-OH is 7. The second-order valence-corrected chi connectivity index (χ2v) is 11.4. The van der Waals surface area contributed by atoms with Crippen LogP contribution in [0.1, 0.15) is 13.3 Å². The van der Waals surface area contributed by atoms with Gasteiger partial charge in [0.2, 0.25) is 0 Å². The van der Waals surface area contributed by atoms with Gasteiger partial charge in [-0.2, -0.15) is 0 Å². The van der Waals surface area contributed by atoms with Gasteiger partial charge in [-0.1, -0.05) is 42.1 Å². The largest absolute Gasteiger partial charge is 1.00 e. The van der Waals surface area contributed by atoms with Crippen molar-refractivity contribution in [3.8, 4) is 0 Å². The topological polar surface area (TPSA) is 242 Å². The third-order valence-electron chi connectivity index (χ3n) is 7.23. The molecule has 8 N–H and O–H groups in total. The summed E-state index contributed by atoms with van der Waals surface area (Å²) in [4.78, 5) is 16.9. The van der Waals surface area contributed by atoms with E-state index in [9.17, 15) is 50.8 Å². The molecule has 0 saturated carbocycles. The molecule has 0 radical (unpaired) electrons. The van der Waals surface area contributed by atoms with E-state index < -0.39 is 97.6 Å². The van der Waals surface area contributed by atoms with Crippen LogP contribution in [0.3, 0.4) is 0 Å². The molecule has 43 heavy (non-hydrogen) atoms. The fraction of sp³-hybridized carbons (Fsp3) is 0.556. The molecule has 0 bridgehead atoms. The first-order chi connectivity index (χ1) is 19.9. The second-order valence-electron chi connectivity index (χ2n) is 10.2. The number of fused-ring (bicyclic) bond motifs is 1. The van der Waals surface area contributed by atoms with E-state index in [2.05, 4.69) is 4.99 Å². The van der Waals surface area contributed by atoms with Gasteiger partial charge in [0, 0.05) is 11.3 Å². The SMILES string of the molecule is CC([O-])=N[C@H]1[C@H]([C@H](O)[C@H](O)CO)O[C@@](O[C@H]2[C@@H](O)[C@@H](CO)O[C@@H](Sc3ccc4ccccc4c3)[C@@H]2O)(C(=O)O)C[C@@H]1O.[Na+]. The number of aliphatic carboxylic acids is 1. The van der Waals surface area contributed by atoms with E-state index in [1.807, 2.05) is 36.4 Å². The summed E-state index contributed by atoms with van der Waals surface area (Å²) in [5.74, 6) is -5.47. The number of carboxylic acid groups (broad SMARTS) is 1. The third kappa shape index (κ3) is 7.88. The van der Waals surface area contributed by atoms with Gasteiger partial charge in [0.1, 0.15) is 54.2 Å². The maximum atomic E-state index is 12.6. The van der Waals surface area contributed by atoms with Crippen molar-refractivity contribution in [1.29, 1.82) is 0 Å². The third-order valence-corrected chi connectivity index (χ3v) is 8.38. The van der Waals surface area contributed by atoms with Crippen LogP contribution in [-0.4, -0.2) is 132 Å². The number of benzene rings is 2. The number of aliphatic hydroxyl groups is 7. The average Bonchev–Trinajstić information content (AvgIpc) is 2.96. The zero-order valence-corrected chi connectivity index (χ0v) is 26.2. The standard InChI is InChI=1S/C27H35NO13S.Na/c1-12(31)28-19-16(32)9-27(26(37)38,40-23(19)20(34)17(33)10-29)41-24-21(35)18(11-30)39-25(22(24)36)42-15-7-6-13-4-2-3-5-14(13)8-15;/h2-8,16-25,29-30,32-36H,9-11H2,1H3,(H,28,31)(H,37,38);/q;+1/p-1/t16-,17+,18+,19+,20+,21-,22+,23+,24-,25-,27-;/m0./s1. The summed E-state index contributed by atoms with van der Waals surface area (Å²) >= 11 is 1.04. The van der Waals surface area contributed by atoms with Crippen molar-refractivity contribution < 1.29 is 94.5 Å². The zero-order chi connectivity index (χ0) is 30.8. The van der Waals surface area contributed by atoms with Crippen LogP contribution in [0.5, 0.6) is 0 Å². The van der Waals surface area contributed by atoms with Crippen LogP contribution in [0, 0.1) is 0 Å². The molecule has 2 saturated heterocycles. The predicted octanol–water partition coefficient (Wildman–Crippen LogP) is -5.45. The van der Waals surface area contributed by atoms with Gasteiger partial charge in [0.15, 0.2) is 0 Å². The molecule has 232 valence electrons. The molecule has 0 aromatic heterocycles. The number of ether oxygens (including phenoxy) is 3. The Hall–Kier alpha value is -1.41. The van der Waals surface area contributed by atoms with Crippen LogP contribution in [0.25, 0.3) is 10.8 Å². The van der Waals surface area contributed by atoms with Gasteiger partial charge in [-0.3, -0.25) is 4.99 Å². The molecule has 11 atom stereocenters. The number of rotatable bonds is 10. The molecule has 0 aliphatic carbocycles. The smallest absolute Gasteiger partial charge is 0.862 e. The minimum Gasteiger partial charge on any atom is -0.862 e. The fourth-order valence-electron chi connectivity index (χ4n) is 5.07. The number of aliphatic imine (C=N–C) groups is 1. The number of carbonyl (C=O) groups is 1. The summed E-state index contributed by atoms with van der Waals surface area (Å²) in [6.07, 6.45) is -15.0. The van der Waals surface area contributed by atoms with Crippen LogP contribution in [-0.2, 0) is 19.0 Å². The predicted molar refractivity (Wildman–Crippen MR) is 144 cm³/mol. The Morgan fingerprint density at radius 1 is 1.14 bits per heavy atom. The van der Waals surface area contributed by atoms with Crippen molar-refractivity contribution in [3.63, 3.8) is 0 Å². The number of thioether (sulfide) groups is 1. The molecule has 2 aliphatic rings. The number of carboxylic acids is 1. The number of hydrogen-bond acceptors (Lipinski definition) is 14. The van der Waals surface area contributed by atoms with E-state index in [0.29, 0.717) is 4.90 Å². The molecule has 0 spiro atoms. The Morgan fingerprint density at radius 2 is 1.81 bits per heavy atom. The van der Waals surface area contributed by atoms with Crippen molar-refractivity contribution in [3.05, 3.63) is 42.5 Å². The Balaban J connectivity index is 0.00000506. The molecule has 4 rings (SSSR count). The van der Waals surface area contributed by atoms with E-state index in [4.69, 9.17) is 14.2 Å². The minimum atomic E-state index is -2.84. The van der Waals surface area contributed by atoms with E-state index >= 15 is 0 Å². The van der Waals surface area contributed by atoms with Gasteiger partial charge < -0.3 is 60.2 Å². The summed E-state index contributed by atoms with van der Waals surface area (Å²) in [6.45, 7) is -0.658. The summed E-state index contributed by atoms with van der Waals surface area (Å²) in [7, 11) is 0. The van der Waals surface area contributed by atoms with Crippen molar-refractivity contribution in [2.75, 3.05) is 13.2 Å². The summed E-state index contributed by atoms with van der Waals surface area (Å²) < 4.78 is 17.0. The molecule has 2 aromatic rings. The second kappa shape index (κ2) is 15.2. The summed E-state index contributed by atoms with van der Waals surface area (Å²) in [6, 6.07) is 11.4. The quantitative estimate of drug-likeness (QED) is 0.0691. The molecule has 16 heteroatoms. The first-order valence-electron chi connectivity index (χ1n) is 13.1. The van der Waals surface area contributed by atoms with Crippen LogP contribution in [0.4, 0.5) is 0 Å².